The predicted molar refractivity (Wildman–Crippen MR) is 137 cm³/mol. The van der Waals surface area contributed by atoms with Crippen LogP contribution in [0.15, 0.2) is 12.7 Å². The molecule has 0 aliphatic heterocycles. The third-order valence-electron chi connectivity index (χ3n) is 4.31. The Bertz CT molecular complexity index is 1710. The molecule has 0 fully saturated rings. The zero-order chi connectivity index (χ0) is 26.7. The van der Waals surface area contributed by atoms with Gasteiger partial charge in [-0.3, -0.25) is 4.79 Å². The molecule has 0 bridgehead atoms. The van der Waals surface area contributed by atoms with E-state index in [4.69, 9.17) is 57.7 Å². The first-order valence-electron chi connectivity index (χ1n) is 9.81. The third kappa shape index (κ3) is 5.94. The van der Waals surface area contributed by atoms with Gasteiger partial charge in [0.2, 0.25) is 17.8 Å². The molecule has 20 heteroatoms. The third-order valence-corrected chi connectivity index (χ3v) is 5.06. The number of nitrogens with two attached hydrogens (primary N) is 3. The van der Waals surface area contributed by atoms with Crippen LogP contribution in [0.5, 0.6) is 0 Å². The van der Waals surface area contributed by atoms with E-state index in [1.54, 1.807) is 0 Å². The van der Waals surface area contributed by atoms with Crippen molar-refractivity contribution in [1.29, 1.82) is 0 Å². The fourth-order valence-electron chi connectivity index (χ4n) is 2.90. The molecule has 11 N–H and O–H groups in total. The summed E-state index contributed by atoms with van der Waals surface area (Å²) in [4.78, 5) is 52.3. The Morgan fingerprint density at radius 3 is 1.84 bits per heavy atom. The number of nitrogens with zero attached hydrogens (tertiary/aromatic N) is 8. The van der Waals surface area contributed by atoms with Gasteiger partial charge in [0.15, 0.2) is 32.0 Å². The maximum absolute atomic E-state index is 10.6. The number of nitrogens with one attached hydrogen (secondary N) is 4. The molecule has 17 nitrogen and oxygen atoms in total. The molecule has 0 amide bonds. The lowest BCUT2D eigenvalue weighted by Gasteiger charge is -1.99. The summed E-state index contributed by atoms with van der Waals surface area (Å²) in [5, 5.41) is 9.27. The van der Waals surface area contributed by atoms with Crippen molar-refractivity contribution >= 4 is 92.7 Å². The van der Waals surface area contributed by atoms with Crippen LogP contribution in [0.4, 0.5) is 17.8 Å². The fraction of sp³-hybridized carbons (Fsp3) is 0.0588. The van der Waals surface area contributed by atoms with E-state index in [9.17, 15) is 4.79 Å². The van der Waals surface area contributed by atoms with Gasteiger partial charge in [0.1, 0.15) is 16.6 Å². The molecule has 0 radical (unpaired) electrons. The van der Waals surface area contributed by atoms with Crippen LogP contribution in [0.2, 0.25) is 10.3 Å². The molecule has 6 heterocycles. The lowest BCUT2D eigenvalue weighted by atomic mass is 10.3. The number of halogens is 2. The number of hydrogen-bond acceptors (Lipinski definition) is 13. The van der Waals surface area contributed by atoms with Crippen molar-refractivity contribution < 1.29 is 9.90 Å². The van der Waals surface area contributed by atoms with Gasteiger partial charge in [0.05, 0.1) is 24.8 Å². The first kappa shape index (κ1) is 25.4. The zero-order valence-corrected chi connectivity index (χ0v) is 20.5. The number of aromatic nitrogens is 12. The first-order valence-corrected chi connectivity index (χ1v) is 11.0. The molecule has 0 saturated heterocycles. The lowest BCUT2D eigenvalue weighted by Crippen LogP contribution is -2.06. The Balaban J connectivity index is 0.000000132. The van der Waals surface area contributed by atoms with Gasteiger partial charge in [-0.05, 0) is 12.2 Å². The van der Waals surface area contributed by atoms with E-state index in [1.165, 1.54) is 12.7 Å². The molecule has 0 atom stereocenters. The molecule has 0 unspecified atom stereocenters. The van der Waals surface area contributed by atoms with Crippen LogP contribution in [-0.4, -0.2) is 70.9 Å². The quantitative estimate of drug-likeness (QED) is 0.109. The number of carbonyl (C=O) groups is 1. The molecule has 6 aromatic rings. The minimum absolute atomic E-state index is 0.0176. The fourth-order valence-corrected chi connectivity index (χ4v) is 3.55. The van der Waals surface area contributed by atoms with Gasteiger partial charge in [-0.25, -0.2) is 15.0 Å². The summed E-state index contributed by atoms with van der Waals surface area (Å²) < 4.78 is 0.358. The predicted octanol–water partition coefficient (Wildman–Crippen LogP) is 1.40. The van der Waals surface area contributed by atoms with Crippen molar-refractivity contribution in [2.75, 3.05) is 17.2 Å². The number of rotatable bonds is 2. The Morgan fingerprint density at radius 2 is 1.32 bits per heavy atom. The average molecular weight is 564 g/mol. The molecular weight excluding hydrogens is 549 g/mol. The number of fused-ring (bicyclic) bond motifs is 3. The molecule has 0 aliphatic rings. The van der Waals surface area contributed by atoms with E-state index in [0.717, 1.165) is 0 Å². The Labute approximate surface area is 219 Å². The highest BCUT2D eigenvalue weighted by atomic mass is 35.5. The van der Waals surface area contributed by atoms with Gasteiger partial charge in [-0.1, -0.05) is 23.2 Å². The van der Waals surface area contributed by atoms with Crippen LogP contribution >= 0.6 is 35.4 Å². The van der Waals surface area contributed by atoms with Crippen LogP contribution < -0.4 is 17.2 Å². The summed E-state index contributed by atoms with van der Waals surface area (Å²) in [6.45, 7) is 0. The number of hydrogen-bond donors (Lipinski definition) is 8. The monoisotopic (exact) mass is 563 g/mol. The second-order valence-electron chi connectivity index (χ2n) is 6.85. The molecule has 37 heavy (non-hydrogen) atoms. The van der Waals surface area contributed by atoms with E-state index in [0.29, 0.717) is 54.3 Å². The topological polar surface area (TPSA) is 282 Å². The summed E-state index contributed by atoms with van der Waals surface area (Å²) in [5.41, 5.74) is 19.5. The zero-order valence-electron chi connectivity index (χ0n) is 18.2. The van der Waals surface area contributed by atoms with Crippen molar-refractivity contribution in [3.63, 3.8) is 0 Å². The normalized spacial score (nSPS) is 10.6. The molecular formula is C17H15Cl2N15O2S. The van der Waals surface area contributed by atoms with Gasteiger partial charge in [0, 0.05) is 0 Å². The van der Waals surface area contributed by atoms with Gasteiger partial charge < -0.3 is 42.2 Å². The standard InChI is InChI=1S/C7H7N5O2S.2C5H4ClN5/c8-6-9-2(1-3(13)14)4-5(11-6)12-7(15)10-4;2*6-3-2-4(9-1-8-2)11-5(7)10-3/h1H2,(H,13,14)(H4,8,9,10,11,12,15);2*1H,(H3,7,8,9,10,11). The number of H-pyrrole nitrogens is 4. The number of nitrogen functional groups attached to an aromatic ring is 3. The SMILES string of the molecule is Nc1nc(CC(=O)O)c2[nH]c(=S)[nH]c2n1.Nc1nc(Cl)c2[nH]cnc2n1.Nc1nc(Cl)c2[nH]cnc2n1. The average Bonchev–Trinajstić information content (AvgIpc) is 3.53. The summed E-state index contributed by atoms with van der Waals surface area (Å²) >= 11 is 16.3. The maximum atomic E-state index is 10.6. The van der Waals surface area contributed by atoms with E-state index in [1.807, 2.05) is 0 Å². The van der Waals surface area contributed by atoms with Crippen molar-refractivity contribution in [2.45, 2.75) is 6.42 Å². The second-order valence-corrected chi connectivity index (χ2v) is 7.97. The minimum Gasteiger partial charge on any atom is -0.481 e. The highest BCUT2D eigenvalue weighted by molar-refractivity contribution is 7.71. The van der Waals surface area contributed by atoms with Crippen LogP contribution in [0, 0.1) is 4.77 Å². The van der Waals surface area contributed by atoms with Crippen LogP contribution in [0.25, 0.3) is 33.5 Å². The van der Waals surface area contributed by atoms with Crippen LogP contribution in [0.1, 0.15) is 5.69 Å². The van der Waals surface area contributed by atoms with Gasteiger partial charge in [-0.15, -0.1) is 0 Å². The maximum Gasteiger partial charge on any atom is 0.309 e. The van der Waals surface area contributed by atoms with Crippen LogP contribution in [0.3, 0.4) is 0 Å². The molecule has 0 aliphatic carbocycles. The first-order chi connectivity index (χ1) is 17.6. The number of carboxylic acid groups (broad SMARTS) is 1. The van der Waals surface area contributed by atoms with Crippen LogP contribution in [-0.2, 0) is 11.2 Å². The van der Waals surface area contributed by atoms with Crippen molar-refractivity contribution in [3.05, 3.63) is 33.4 Å². The molecule has 6 aromatic heterocycles. The summed E-state index contributed by atoms with van der Waals surface area (Å²) in [7, 11) is 0. The highest BCUT2D eigenvalue weighted by Gasteiger charge is 2.11. The van der Waals surface area contributed by atoms with E-state index < -0.39 is 5.97 Å². The minimum atomic E-state index is -0.991. The van der Waals surface area contributed by atoms with Gasteiger partial charge >= 0.3 is 5.97 Å². The highest BCUT2D eigenvalue weighted by Crippen LogP contribution is 2.17. The smallest absolute Gasteiger partial charge is 0.309 e. The summed E-state index contributed by atoms with van der Waals surface area (Å²) in [5.74, 6) is -0.705. The van der Waals surface area contributed by atoms with Crippen molar-refractivity contribution in [2.24, 2.45) is 0 Å². The molecule has 190 valence electrons. The Morgan fingerprint density at radius 1 is 0.811 bits per heavy atom. The Kier molecular flexibility index (Phi) is 7.22. The van der Waals surface area contributed by atoms with Gasteiger partial charge in [-0.2, -0.15) is 24.9 Å². The number of carboxylic acids is 1. The van der Waals surface area contributed by atoms with Crippen molar-refractivity contribution in [3.8, 4) is 0 Å². The molecule has 0 aromatic carbocycles. The largest absolute Gasteiger partial charge is 0.481 e. The van der Waals surface area contributed by atoms with Gasteiger partial charge in [0.25, 0.3) is 0 Å². The molecule has 0 saturated carbocycles. The van der Waals surface area contributed by atoms with E-state index in [-0.39, 0.29) is 24.3 Å². The summed E-state index contributed by atoms with van der Waals surface area (Å²) in [6.07, 6.45) is 2.75. The number of aromatic amines is 4. The molecule has 0 spiro atoms. The second kappa shape index (κ2) is 10.5. The Hall–Kier alpha value is -4.68. The lowest BCUT2D eigenvalue weighted by molar-refractivity contribution is -0.136. The number of aliphatic carboxylic acids is 1. The number of anilines is 3. The number of imidazole rings is 3. The molecule has 6 rings (SSSR count). The van der Waals surface area contributed by atoms with Crippen molar-refractivity contribution in [1.82, 2.24) is 59.8 Å². The summed E-state index contributed by atoms with van der Waals surface area (Å²) in [6, 6.07) is 0. The van der Waals surface area contributed by atoms with E-state index in [2.05, 4.69) is 59.8 Å². The van der Waals surface area contributed by atoms with E-state index >= 15 is 0 Å².